The van der Waals surface area contributed by atoms with Gasteiger partial charge in [-0.25, -0.2) is 0 Å². The minimum absolute atomic E-state index is 0.945. The van der Waals surface area contributed by atoms with E-state index in [9.17, 15) is 0 Å². The lowest BCUT2D eigenvalue weighted by molar-refractivity contribution is 0.520. The minimum atomic E-state index is 0.945. The molecule has 0 amide bonds. The van der Waals surface area contributed by atoms with Crippen LogP contribution in [-0.2, 0) is 0 Å². The highest BCUT2D eigenvalue weighted by molar-refractivity contribution is 5.28. The molecular formula is C14H26N2. The quantitative estimate of drug-likeness (QED) is 0.526. The van der Waals surface area contributed by atoms with Crippen molar-refractivity contribution in [2.75, 3.05) is 27.7 Å². The predicted molar refractivity (Wildman–Crippen MR) is 73.5 cm³/mol. The minimum Gasteiger partial charge on any atom is -0.378 e. The van der Waals surface area contributed by atoms with Gasteiger partial charge in [-0.2, -0.15) is 0 Å². The lowest BCUT2D eigenvalue weighted by atomic mass is 10.1. The van der Waals surface area contributed by atoms with E-state index in [0.717, 1.165) is 19.4 Å². The van der Waals surface area contributed by atoms with E-state index in [1.165, 1.54) is 16.8 Å². The lowest BCUT2D eigenvalue weighted by Gasteiger charge is -2.19. The van der Waals surface area contributed by atoms with Crippen molar-refractivity contribution in [2.24, 2.45) is 0 Å². The Morgan fingerprint density at radius 1 is 1.38 bits per heavy atom. The zero-order valence-corrected chi connectivity index (χ0v) is 11.4. The van der Waals surface area contributed by atoms with E-state index in [2.05, 4.69) is 50.8 Å². The molecule has 0 heterocycles. The molecule has 0 aromatic heterocycles. The van der Waals surface area contributed by atoms with Crippen LogP contribution in [0.3, 0.4) is 0 Å². The number of nitrogens with one attached hydrogen (secondary N) is 1. The zero-order chi connectivity index (χ0) is 12.6. The van der Waals surface area contributed by atoms with E-state index < -0.39 is 0 Å². The summed E-state index contributed by atoms with van der Waals surface area (Å²) in [4.78, 5) is 2.17. The summed E-state index contributed by atoms with van der Waals surface area (Å²) >= 11 is 0. The van der Waals surface area contributed by atoms with Gasteiger partial charge in [-0.1, -0.05) is 18.6 Å². The average molecular weight is 222 g/mol. The Hall–Kier alpha value is -1.02. The third-order valence-electron chi connectivity index (χ3n) is 2.57. The van der Waals surface area contributed by atoms with Crippen LogP contribution >= 0.6 is 0 Å². The smallest absolute Gasteiger partial charge is 0.0353 e. The summed E-state index contributed by atoms with van der Waals surface area (Å²) in [6, 6.07) is 0. The van der Waals surface area contributed by atoms with Gasteiger partial charge < -0.3 is 10.2 Å². The first-order valence-corrected chi connectivity index (χ1v) is 5.88. The van der Waals surface area contributed by atoms with Crippen LogP contribution in [-0.4, -0.2) is 32.6 Å². The summed E-state index contributed by atoms with van der Waals surface area (Å²) in [7, 11) is 6.16. The van der Waals surface area contributed by atoms with Crippen LogP contribution in [0.4, 0.5) is 0 Å². The van der Waals surface area contributed by atoms with E-state index >= 15 is 0 Å². The van der Waals surface area contributed by atoms with Crippen molar-refractivity contribution in [2.45, 2.75) is 26.7 Å². The van der Waals surface area contributed by atoms with Gasteiger partial charge in [0.2, 0.25) is 0 Å². The molecule has 0 bridgehead atoms. The number of hydrogen-bond acceptors (Lipinski definition) is 2. The van der Waals surface area contributed by atoms with Crippen LogP contribution in [0.15, 0.2) is 35.6 Å². The van der Waals surface area contributed by atoms with Gasteiger partial charge in [0, 0.05) is 26.3 Å². The van der Waals surface area contributed by atoms with Gasteiger partial charge >= 0.3 is 0 Å². The first-order valence-electron chi connectivity index (χ1n) is 5.88. The molecule has 0 aromatic rings. The molecule has 0 saturated carbocycles. The van der Waals surface area contributed by atoms with Crippen LogP contribution in [0, 0.1) is 0 Å². The standard InChI is InChI=1S/C14H26N2/c1-7-9-12(3)14(16(5)6)10-13(8-2)11-15-4/h7,10,15H,1,8-9,11H2,2-6H3/b13-10+,14-12-. The monoisotopic (exact) mass is 222 g/mol. The maximum Gasteiger partial charge on any atom is 0.0353 e. The first kappa shape index (κ1) is 15.0. The van der Waals surface area contributed by atoms with Crippen molar-refractivity contribution in [3.63, 3.8) is 0 Å². The third-order valence-corrected chi connectivity index (χ3v) is 2.57. The van der Waals surface area contributed by atoms with Crippen molar-refractivity contribution in [3.8, 4) is 0 Å². The van der Waals surface area contributed by atoms with Gasteiger partial charge in [-0.05, 0) is 38.5 Å². The third kappa shape index (κ3) is 5.17. The molecule has 92 valence electrons. The number of hydrogen-bond donors (Lipinski definition) is 1. The second-order valence-electron chi connectivity index (χ2n) is 4.24. The molecule has 1 N–H and O–H groups in total. The van der Waals surface area contributed by atoms with Gasteiger partial charge in [0.05, 0.1) is 0 Å². The van der Waals surface area contributed by atoms with E-state index in [1.54, 1.807) is 0 Å². The first-order chi connectivity index (χ1) is 7.56. The maximum atomic E-state index is 3.79. The topological polar surface area (TPSA) is 15.3 Å². The Morgan fingerprint density at radius 3 is 2.38 bits per heavy atom. The molecule has 0 spiro atoms. The maximum absolute atomic E-state index is 3.79. The Morgan fingerprint density at radius 2 is 2.00 bits per heavy atom. The normalized spacial score (nSPS) is 13.4. The summed E-state index contributed by atoms with van der Waals surface area (Å²) in [5.74, 6) is 0. The highest BCUT2D eigenvalue weighted by atomic mass is 15.1. The molecule has 0 aliphatic carbocycles. The van der Waals surface area contributed by atoms with Crippen LogP contribution < -0.4 is 5.32 Å². The summed E-state index contributed by atoms with van der Waals surface area (Å²) in [6.45, 7) is 9.11. The Kier molecular flexibility index (Phi) is 7.65. The second-order valence-corrected chi connectivity index (χ2v) is 4.24. The molecule has 0 aliphatic heterocycles. The molecule has 0 unspecified atom stereocenters. The van der Waals surface area contributed by atoms with Crippen LogP contribution in [0.25, 0.3) is 0 Å². The van der Waals surface area contributed by atoms with E-state index in [4.69, 9.17) is 0 Å². The van der Waals surface area contributed by atoms with Gasteiger partial charge in [0.15, 0.2) is 0 Å². The van der Waals surface area contributed by atoms with E-state index in [0.29, 0.717) is 0 Å². The Balaban J connectivity index is 5.05. The molecular weight excluding hydrogens is 196 g/mol. The largest absolute Gasteiger partial charge is 0.378 e. The Bertz CT molecular complexity index is 272. The molecule has 0 atom stereocenters. The molecule has 0 aromatic carbocycles. The molecule has 0 saturated heterocycles. The van der Waals surface area contributed by atoms with Crippen molar-refractivity contribution in [3.05, 3.63) is 35.6 Å². The fourth-order valence-corrected chi connectivity index (χ4v) is 1.65. The average Bonchev–Trinajstić information content (AvgIpc) is 2.23. The lowest BCUT2D eigenvalue weighted by Crippen LogP contribution is -2.15. The molecule has 2 heteroatoms. The molecule has 2 nitrogen and oxygen atoms in total. The number of likely N-dealkylation sites (N-methyl/N-ethyl adjacent to an activating group) is 2. The summed E-state index contributed by atoms with van der Waals surface area (Å²) < 4.78 is 0. The van der Waals surface area contributed by atoms with Gasteiger partial charge in [-0.15, -0.1) is 6.58 Å². The SMILES string of the molecule is C=CC/C(C)=C(/C=C(\CC)CNC)N(C)C. The van der Waals surface area contributed by atoms with E-state index in [1.807, 2.05) is 13.1 Å². The fraction of sp³-hybridized carbons (Fsp3) is 0.571. The number of allylic oxidation sites excluding steroid dienone is 3. The number of nitrogens with zero attached hydrogens (tertiary/aromatic N) is 1. The van der Waals surface area contributed by atoms with Crippen molar-refractivity contribution in [1.82, 2.24) is 10.2 Å². The molecule has 16 heavy (non-hydrogen) atoms. The van der Waals surface area contributed by atoms with Crippen molar-refractivity contribution >= 4 is 0 Å². The summed E-state index contributed by atoms with van der Waals surface area (Å²) in [6.07, 6.45) is 6.27. The van der Waals surface area contributed by atoms with Crippen LogP contribution in [0.5, 0.6) is 0 Å². The zero-order valence-electron chi connectivity index (χ0n) is 11.4. The Labute approximate surface area is 101 Å². The summed E-state index contributed by atoms with van der Waals surface area (Å²) in [5, 5.41) is 3.20. The molecule has 0 aliphatic rings. The highest BCUT2D eigenvalue weighted by Gasteiger charge is 2.03. The summed E-state index contributed by atoms with van der Waals surface area (Å²) in [5.41, 5.74) is 4.09. The fourth-order valence-electron chi connectivity index (χ4n) is 1.65. The predicted octanol–water partition coefficient (Wildman–Crippen LogP) is 2.95. The molecule has 0 rings (SSSR count). The highest BCUT2D eigenvalue weighted by Crippen LogP contribution is 2.15. The number of rotatable bonds is 7. The van der Waals surface area contributed by atoms with Gasteiger partial charge in [0.25, 0.3) is 0 Å². The van der Waals surface area contributed by atoms with Crippen LogP contribution in [0.1, 0.15) is 26.7 Å². The second kappa shape index (κ2) is 8.17. The van der Waals surface area contributed by atoms with Gasteiger partial charge in [0.1, 0.15) is 0 Å². The van der Waals surface area contributed by atoms with Crippen molar-refractivity contribution in [1.29, 1.82) is 0 Å². The molecule has 0 fully saturated rings. The van der Waals surface area contributed by atoms with Crippen LogP contribution in [0.2, 0.25) is 0 Å². The van der Waals surface area contributed by atoms with Crippen molar-refractivity contribution < 1.29 is 0 Å². The van der Waals surface area contributed by atoms with E-state index in [-0.39, 0.29) is 0 Å². The molecule has 0 radical (unpaired) electrons. The van der Waals surface area contributed by atoms with Gasteiger partial charge in [-0.3, -0.25) is 0 Å².